The molecule has 0 fully saturated rings. The normalized spacial score (nSPS) is 10.2. The summed E-state index contributed by atoms with van der Waals surface area (Å²) in [7, 11) is 0. The number of halogens is 1. The Labute approximate surface area is 99.9 Å². The van der Waals surface area contributed by atoms with E-state index in [4.69, 9.17) is 0 Å². The van der Waals surface area contributed by atoms with Crippen molar-refractivity contribution in [3.63, 3.8) is 0 Å². The lowest BCUT2D eigenvalue weighted by atomic mass is 9.99. The van der Waals surface area contributed by atoms with Gasteiger partial charge in [0.25, 0.3) is 0 Å². The van der Waals surface area contributed by atoms with Gasteiger partial charge in [0.2, 0.25) is 0 Å². The first-order valence-corrected chi connectivity index (χ1v) is 5.50. The number of carbonyl (C=O) groups excluding carboxylic acids is 1. The van der Waals surface area contributed by atoms with Crippen molar-refractivity contribution in [3.05, 3.63) is 71.0 Å². The van der Waals surface area contributed by atoms with Gasteiger partial charge in [0, 0.05) is 12.0 Å². The topological polar surface area (TPSA) is 17.1 Å². The Hall–Kier alpha value is -1.96. The van der Waals surface area contributed by atoms with Crippen LogP contribution in [0.3, 0.4) is 0 Å². The fourth-order valence-corrected chi connectivity index (χ4v) is 1.80. The first-order valence-electron chi connectivity index (χ1n) is 5.50. The summed E-state index contributed by atoms with van der Waals surface area (Å²) in [6, 6.07) is 13.7. The maximum Gasteiger partial charge on any atom is 0.167 e. The van der Waals surface area contributed by atoms with Crippen molar-refractivity contribution in [3.8, 4) is 0 Å². The molecule has 0 heterocycles. The number of ketones is 1. The van der Waals surface area contributed by atoms with Crippen LogP contribution in [-0.4, -0.2) is 5.78 Å². The van der Waals surface area contributed by atoms with Gasteiger partial charge in [-0.2, -0.15) is 0 Å². The van der Waals surface area contributed by atoms with Gasteiger partial charge < -0.3 is 0 Å². The summed E-state index contributed by atoms with van der Waals surface area (Å²) in [4.78, 5) is 12.0. The fraction of sp³-hybridized carbons (Fsp3) is 0.133. The molecule has 86 valence electrons. The third-order valence-electron chi connectivity index (χ3n) is 2.75. The SMILES string of the molecule is Cc1ccccc1C(=O)Cc1ccccc1F. The lowest BCUT2D eigenvalue weighted by Crippen LogP contribution is -2.06. The highest BCUT2D eigenvalue weighted by molar-refractivity contribution is 5.98. The fourth-order valence-electron chi connectivity index (χ4n) is 1.80. The Morgan fingerprint density at radius 3 is 2.41 bits per heavy atom. The number of aryl methyl sites for hydroxylation is 1. The van der Waals surface area contributed by atoms with E-state index >= 15 is 0 Å². The smallest absolute Gasteiger partial charge is 0.167 e. The van der Waals surface area contributed by atoms with Crippen LogP contribution in [0, 0.1) is 12.7 Å². The van der Waals surface area contributed by atoms with Gasteiger partial charge in [0.1, 0.15) is 5.82 Å². The average molecular weight is 228 g/mol. The minimum Gasteiger partial charge on any atom is -0.294 e. The molecule has 0 spiro atoms. The van der Waals surface area contributed by atoms with Crippen molar-refractivity contribution in [2.24, 2.45) is 0 Å². The number of rotatable bonds is 3. The lowest BCUT2D eigenvalue weighted by Gasteiger charge is -2.05. The Kier molecular flexibility index (Phi) is 3.33. The Bertz CT molecular complexity index is 546. The number of hydrogen-bond acceptors (Lipinski definition) is 1. The summed E-state index contributed by atoms with van der Waals surface area (Å²) in [5.41, 5.74) is 2.03. The molecule has 0 saturated carbocycles. The van der Waals surface area contributed by atoms with Crippen LogP contribution in [0.5, 0.6) is 0 Å². The monoisotopic (exact) mass is 228 g/mol. The first kappa shape index (κ1) is 11.5. The summed E-state index contributed by atoms with van der Waals surface area (Å²) < 4.78 is 13.4. The van der Waals surface area contributed by atoms with Gasteiger partial charge in [-0.1, -0.05) is 42.5 Å². The Morgan fingerprint density at radius 1 is 1.06 bits per heavy atom. The summed E-state index contributed by atoms with van der Waals surface area (Å²) >= 11 is 0. The Balaban J connectivity index is 2.24. The van der Waals surface area contributed by atoms with Crippen LogP contribution in [0.15, 0.2) is 48.5 Å². The van der Waals surface area contributed by atoms with Crippen LogP contribution in [0.25, 0.3) is 0 Å². The quantitative estimate of drug-likeness (QED) is 0.734. The summed E-state index contributed by atoms with van der Waals surface area (Å²) in [5, 5.41) is 0. The van der Waals surface area contributed by atoms with E-state index < -0.39 is 0 Å². The van der Waals surface area contributed by atoms with Crippen LogP contribution in [0.2, 0.25) is 0 Å². The molecule has 0 amide bonds. The largest absolute Gasteiger partial charge is 0.294 e. The highest BCUT2D eigenvalue weighted by atomic mass is 19.1. The molecular formula is C15H13FO. The van der Waals surface area contributed by atoms with E-state index in [0.29, 0.717) is 11.1 Å². The van der Waals surface area contributed by atoms with Gasteiger partial charge in [0.05, 0.1) is 0 Å². The van der Waals surface area contributed by atoms with Crippen LogP contribution in [0.1, 0.15) is 21.5 Å². The number of hydrogen-bond donors (Lipinski definition) is 0. The third-order valence-corrected chi connectivity index (χ3v) is 2.75. The van der Waals surface area contributed by atoms with Crippen molar-refractivity contribution >= 4 is 5.78 Å². The van der Waals surface area contributed by atoms with Crippen LogP contribution >= 0.6 is 0 Å². The number of carbonyl (C=O) groups is 1. The molecular weight excluding hydrogens is 215 g/mol. The molecule has 0 bridgehead atoms. The van der Waals surface area contributed by atoms with E-state index in [1.165, 1.54) is 6.07 Å². The van der Waals surface area contributed by atoms with E-state index in [2.05, 4.69) is 0 Å². The molecule has 0 aromatic heterocycles. The molecule has 0 aliphatic carbocycles. The lowest BCUT2D eigenvalue weighted by molar-refractivity contribution is 0.0991. The predicted octanol–water partition coefficient (Wildman–Crippen LogP) is 3.56. The molecule has 2 rings (SSSR count). The van der Waals surface area contributed by atoms with E-state index in [-0.39, 0.29) is 18.0 Å². The molecule has 1 nitrogen and oxygen atoms in total. The highest BCUT2D eigenvalue weighted by Crippen LogP contribution is 2.13. The molecule has 0 unspecified atom stereocenters. The zero-order chi connectivity index (χ0) is 12.3. The summed E-state index contributed by atoms with van der Waals surface area (Å²) in [5.74, 6) is -0.373. The predicted molar refractivity (Wildman–Crippen MR) is 65.6 cm³/mol. The zero-order valence-electron chi connectivity index (χ0n) is 9.61. The van der Waals surface area contributed by atoms with Crippen molar-refractivity contribution in [2.45, 2.75) is 13.3 Å². The molecule has 0 aliphatic rings. The van der Waals surface area contributed by atoms with Crippen molar-refractivity contribution < 1.29 is 9.18 Å². The first-order chi connectivity index (χ1) is 8.18. The molecule has 17 heavy (non-hydrogen) atoms. The standard InChI is InChI=1S/C15H13FO/c1-11-6-2-4-8-13(11)15(17)10-12-7-3-5-9-14(12)16/h2-9H,10H2,1H3. The van der Waals surface area contributed by atoms with Gasteiger partial charge in [-0.3, -0.25) is 4.79 Å². The number of Topliss-reactive ketones (excluding diaryl/α,β-unsaturated/α-hetero) is 1. The Morgan fingerprint density at radius 2 is 1.71 bits per heavy atom. The van der Waals surface area contributed by atoms with Crippen molar-refractivity contribution in [1.82, 2.24) is 0 Å². The zero-order valence-corrected chi connectivity index (χ0v) is 9.61. The molecule has 0 aliphatic heterocycles. The van der Waals surface area contributed by atoms with Crippen LogP contribution < -0.4 is 0 Å². The molecule has 0 saturated heterocycles. The molecule has 0 atom stereocenters. The van der Waals surface area contributed by atoms with Crippen molar-refractivity contribution in [1.29, 1.82) is 0 Å². The molecule has 0 radical (unpaired) electrons. The molecule has 2 aromatic rings. The number of benzene rings is 2. The second-order valence-electron chi connectivity index (χ2n) is 4.01. The maximum atomic E-state index is 13.4. The van der Waals surface area contributed by atoms with E-state index in [9.17, 15) is 9.18 Å². The van der Waals surface area contributed by atoms with Gasteiger partial charge in [-0.05, 0) is 24.1 Å². The summed E-state index contributed by atoms with van der Waals surface area (Å²) in [6.45, 7) is 1.88. The highest BCUT2D eigenvalue weighted by Gasteiger charge is 2.11. The maximum absolute atomic E-state index is 13.4. The second-order valence-corrected chi connectivity index (χ2v) is 4.01. The third kappa shape index (κ3) is 2.59. The van der Waals surface area contributed by atoms with E-state index in [1.54, 1.807) is 24.3 Å². The van der Waals surface area contributed by atoms with E-state index in [0.717, 1.165) is 5.56 Å². The van der Waals surface area contributed by atoms with Crippen LogP contribution in [-0.2, 0) is 6.42 Å². The van der Waals surface area contributed by atoms with Crippen LogP contribution in [0.4, 0.5) is 4.39 Å². The summed E-state index contributed by atoms with van der Waals surface area (Å²) in [6.07, 6.45) is 0.109. The molecule has 2 aromatic carbocycles. The molecule has 2 heteroatoms. The van der Waals surface area contributed by atoms with E-state index in [1.807, 2.05) is 25.1 Å². The molecule has 0 N–H and O–H groups in total. The van der Waals surface area contributed by atoms with Gasteiger partial charge >= 0.3 is 0 Å². The minimum absolute atomic E-state index is 0.0480. The van der Waals surface area contributed by atoms with Gasteiger partial charge in [0.15, 0.2) is 5.78 Å². The van der Waals surface area contributed by atoms with Gasteiger partial charge in [-0.15, -0.1) is 0 Å². The van der Waals surface area contributed by atoms with Gasteiger partial charge in [-0.25, -0.2) is 4.39 Å². The average Bonchev–Trinajstić information content (AvgIpc) is 2.32. The minimum atomic E-state index is -0.325. The van der Waals surface area contributed by atoms with Crippen molar-refractivity contribution in [2.75, 3.05) is 0 Å². The second kappa shape index (κ2) is 4.91.